The first-order valence-electron chi connectivity index (χ1n) is 10.6. The van der Waals surface area contributed by atoms with Gasteiger partial charge in [-0.05, 0) is 49.7 Å². The monoisotopic (exact) mass is 444 g/mol. The van der Waals surface area contributed by atoms with Gasteiger partial charge >= 0.3 is 6.18 Å². The summed E-state index contributed by atoms with van der Waals surface area (Å²) in [4.78, 5) is 7.91. The SMILES string of the molecule is CCCCCCOc1ccc(Nc2ncc(C(F)(F)F)c(Nc3ccc(C)cc3)n2)cc1. The normalized spacial score (nSPS) is 11.3. The van der Waals surface area contributed by atoms with E-state index in [1.165, 1.54) is 12.8 Å². The Hall–Kier alpha value is -3.29. The molecule has 170 valence electrons. The van der Waals surface area contributed by atoms with Crippen molar-refractivity contribution in [3.63, 3.8) is 0 Å². The summed E-state index contributed by atoms with van der Waals surface area (Å²) < 4.78 is 46.0. The summed E-state index contributed by atoms with van der Waals surface area (Å²) in [5.74, 6) is 0.480. The highest BCUT2D eigenvalue weighted by atomic mass is 19.4. The van der Waals surface area contributed by atoms with E-state index in [1.807, 2.05) is 19.1 Å². The fraction of sp³-hybridized carbons (Fsp3) is 0.333. The molecular weight excluding hydrogens is 417 g/mol. The van der Waals surface area contributed by atoms with Crippen LogP contribution in [0.1, 0.15) is 43.7 Å². The molecule has 0 aliphatic carbocycles. The van der Waals surface area contributed by atoms with Gasteiger partial charge in [0.15, 0.2) is 0 Å². The first kappa shape index (κ1) is 23.4. The summed E-state index contributed by atoms with van der Waals surface area (Å²) in [7, 11) is 0. The van der Waals surface area contributed by atoms with Crippen molar-refractivity contribution >= 4 is 23.1 Å². The van der Waals surface area contributed by atoms with Crippen LogP contribution < -0.4 is 15.4 Å². The summed E-state index contributed by atoms with van der Waals surface area (Å²) in [5, 5.41) is 5.69. The maximum Gasteiger partial charge on any atom is 0.421 e. The van der Waals surface area contributed by atoms with Gasteiger partial charge in [-0.3, -0.25) is 0 Å². The lowest BCUT2D eigenvalue weighted by molar-refractivity contribution is -0.137. The highest BCUT2D eigenvalue weighted by molar-refractivity contribution is 5.63. The number of nitrogens with zero attached hydrogens (tertiary/aromatic N) is 2. The molecule has 1 aromatic heterocycles. The predicted octanol–water partition coefficient (Wildman–Crippen LogP) is 7.25. The first-order valence-corrected chi connectivity index (χ1v) is 10.6. The first-order chi connectivity index (χ1) is 15.3. The largest absolute Gasteiger partial charge is 0.494 e. The zero-order chi connectivity index (χ0) is 23.0. The van der Waals surface area contributed by atoms with Crippen LogP contribution in [0.3, 0.4) is 0 Å². The van der Waals surface area contributed by atoms with Crippen LogP contribution in [0.2, 0.25) is 0 Å². The van der Waals surface area contributed by atoms with Crippen molar-refractivity contribution in [3.8, 4) is 5.75 Å². The second kappa shape index (κ2) is 10.8. The molecule has 0 fully saturated rings. The van der Waals surface area contributed by atoms with Crippen molar-refractivity contribution in [1.82, 2.24) is 9.97 Å². The Labute approximate surface area is 186 Å². The molecule has 0 aliphatic rings. The van der Waals surface area contributed by atoms with Gasteiger partial charge in [0.05, 0.1) is 6.61 Å². The number of nitrogens with one attached hydrogen (secondary N) is 2. The molecule has 0 atom stereocenters. The number of aromatic nitrogens is 2. The maximum absolute atomic E-state index is 13.4. The molecule has 0 radical (unpaired) electrons. The van der Waals surface area contributed by atoms with Crippen LogP contribution in [0.4, 0.5) is 36.3 Å². The molecule has 0 saturated heterocycles. The summed E-state index contributed by atoms with van der Waals surface area (Å²) in [5.41, 5.74) is 1.22. The summed E-state index contributed by atoms with van der Waals surface area (Å²) in [6, 6.07) is 14.2. The van der Waals surface area contributed by atoms with Crippen LogP contribution in [0.15, 0.2) is 54.7 Å². The topological polar surface area (TPSA) is 59.1 Å². The van der Waals surface area contributed by atoms with E-state index in [0.717, 1.165) is 30.4 Å². The number of anilines is 4. The number of benzene rings is 2. The molecule has 8 heteroatoms. The molecule has 0 unspecified atom stereocenters. The van der Waals surface area contributed by atoms with Gasteiger partial charge < -0.3 is 15.4 Å². The zero-order valence-corrected chi connectivity index (χ0v) is 18.2. The van der Waals surface area contributed by atoms with Crippen LogP contribution in [0, 0.1) is 6.92 Å². The molecule has 0 amide bonds. The second-order valence-electron chi connectivity index (χ2n) is 7.50. The molecule has 5 nitrogen and oxygen atoms in total. The molecule has 2 aromatic carbocycles. The van der Waals surface area contributed by atoms with E-state index in [1.54, 1.807) is 36.4 Å². The van der Waals surface area contributed by atoms with E-state index in [4.69, 9.17) is 4.74 Å². The van der Waals surface area contributed by atoms with E-state index in [9.17, 15) is 13.2 Å². The second-order valence-corrected chi connectivity index (χ2v) is 7.50. The van der Waals surface area contributed by atoms with E-state index < -0.39 is 11.7 Å². The van der Waals surface area contributed by atoms with Crippen molar-refractivity contribution in [3.05, 3.63) is 65.9 Å². The van der Waals surface area contributed by atoms with E-state index in [2.05, 4.69) is 27.5 Å². The average Bonchev–Trinajstić information content (AvgIpc) is 2.76. The standard InChI is InChI=1S/C24H27F3N4O/c1-3-4-5-6-15-32-20-13-11-19(12-14-20)30-23-28-16-21(24(25,26)27)22(31-23)29-18-9-7-17(2)8-10-18/h7-14,16H,3-6,15H2,1-2H3,(H2,28,29,30,31). The Kier molecular flexibility index (Phi) is 7.92. The Morgan fingerprint density at radius 2 is 1.53 bits per heavy atom. The third kappa shape index (κ3) is 6.87. The van der Waals surface area contributed by atoms with Gasteiger partial charge in [0.2, 0.25) is 5.95 Å². The molecule has 3 aromatic rings. The lowest BCUT2D eigenvalue weighted by Gasteiger charge is -2.15. The molecule has 0 aliphatic heterocycles. The lowest BCUT2D eigenvalue weighted by atomic mass is 10.2. The van der Waals surface area contributed by atoms with Gasteiger partial charge in [-0.25, -0.2) is 4.98 Å². The van der Waals surface area contributed by atoms with E-state index in [-0.39, 0.29) is 11.8 Å². The molecule has 0 spiro atoms. The van der Waals surface area contributed by atoms with Crippen molar-refractivity contribution in [2.75, 3.05) is 17.2 Å². The van der Waals surface area contributed by atoms with Crippen LogP contribution in [-0.4, -0.2) is 16.6 Å². The summed E-state index contributed by atoms with van der Waals surface area (Å²) in [6.45, 7) is 4.72. The van der Waals surface area contributed by atoms with Crippen molar-refractivity contribution in [2.24, 2.45) is 0 Å². The molecular formula is C24H27F3N4O. The van der Waals surface area contributed by atoms with Gasteiger partial charge in [0.25, 0.3) is 0 Å². The van der Waals surface area contributed by atoms with Crippen molar-refractivity contribution in [1.29, 1.82) is 0 Å². The van der Waals surface area contributed by atoms with Gasteiger partial charge in [-0.1, -0.05) is 43.9 Å². The van der Waals surface area contributed by atoms with Crippen LogP contribution >= 0.6 is 0 Å². The van der Waals surface area contributed by atoms with Crippen LogP contribution in [-0.2, 0) is 6.18 Å². The Bertz CT molecular complexity index is 990. The predicted molar refractivity (Wildman–Crippen MR) is 121 cm³/mol. The number of hydrogen-bond acceptors (Lipinski definition) is 5. The van der Waals surface area contributed by atoms with Crippen LogP contribution in [0.5, 0.6) is 5.75 Å². The molecule has 3 rings (SSSR count). The summed E-state index contributed by atoms with van der Waals surface area (Å²) >= 11 is 0. The van der Waals surface area contributed by atoms with Crippen molar-refractivity contribution < 1.29 is 17.9 Å². The number of ether oxygens (including phenoxy) is 1. The lowest BCUT2D eigenvalue weighted by Crippen LogP contribution is -2.12. The van der Waals surface area contributed by atoms with Gasteiger partial charge in [0.1, 0.15) is 17.1 Å². The highest BCUT2D eigenvalue weighted by Crippen LogP contribution is 2.35. The van der Waals surface area contributed by atoms with Crippen molar-refractivity contribution in [2.45, 2.75) is 45.7 Å². The maximum atomic E-state index is 13.4. The van der Waals surface area contributed by atoms with Gasteiger partial charge in [-0.15, -0.1) is 0 Å². The van der Waals surface area contributed by atoms with Crippen LogP contribution in [0.25, 0.3) is 0 Å². The minimum atomic E-state index is -4.58. The Balaban J connectivity index is 1.70. The number of aryl methyl sites for hydroxylation is 1. The van der Waals surface area contributed by atoms with E-state index >= 15 is 0 Å². The Morgan fingerprint density at radius 3 is 2.19 bits per heavy atom. The molecule has 0 bridgehead atoms. The minimum Gasteiger partial charge on any atom is -0.494 e. The average molecular weight is 445 g/mol. The molecule has 0 saturated carbocycles. The molecule has 1 heterocycles. The Morgan fingerprint density at radius 1 is 0.875 bits per heavy atom. The molecule has 2 N–H and O–H groups in total. The third-order valence-electron chi connectivity index (χ3n) is 4.79. The molecule has 32 heavy (non-hydrogen) atoms. The third-order valence-corrected chi connectivity index (χ3v) is 4.79. The smallest absolute Gasteiger partial charge is 0.421 e. The van der Waals surface area contributed by atoms with Gasteiger partial charge in [0, 0.05) is 17.6 Å². The number of rotatable bonds is 10. The van der Waals surface area contributed by atoms with E-state index in [0.29, 0.717) is 18.0 Å². The highest BCUT2D eigenvalue weighted by Gasteiger charge is 2.35. The minimum absolute atomic E-state index is 0.0563. The quantitative estimate of drug-likeness (QED) is 0.323. The fourth-order valence-electron chi connectivity index (χ4n) is 3.00. The number of unbranched alkanes of at least 4 members (excludes halogenated alkanes) is 3. The number of hydrogen-bond donors (Lipinski definition) is 2. The fourth-order valence-corrected chi connectivity index (χ4v) is 3.00. The van der Waals surface area contributed by atoms with Gasteiger partial charge in [-0.2, -0.15) is 18.2 Å². The summed E-state index contributed by atoms with van der Waals surface area (Å²) in [6.07, 6.45) is 0.709. The zero-order valence-electron chi connectivity index (χ0n) is 18.2. The number of halogens is 3. The number of alkyl halides is 3.